The van der Waals surface area contributed by atoms with Crippen LogP contribution in [-0.4, -0.2) is 19.2 Å². The molecule has 24 heavy (non-hydrogen) atoms. The standard InChI is InChI=1S/C19H16N2O2S/c1-23-20-12-14-5-4-6-15(11-14)17-7-2-3-8-18(17)21-19(22)16-9-10-24-13-16/h2-13H,1H3,(H,21,22)/b20-12+. The van der Waals surface area contributed by atoms with Gasteiger partial charge in [0.2, 0.25) is 0 Å². The number of hydrogen-bond acceptors (Lipinski definition) is 4. The maximum atomic E-state index is 12.3. The minimum Gasteiger partial charge on any atom is -0.399 e. The predicted octanol–water partition coefficient (Wildman–Crippen LogP) is 4.65. The zero-order valence-corrected chi connectivity index (χ0v) is 13.9. The molecule has 0 saturated carbocycles. The monoisotopic (exact) mass is 336 g/mol. The van der Waals surface area contributed by atoms with E-state index in [-0.39, 0.29) is 5.91 Å². The van der Waals surface area contributed by atoms with E-state index in [9.17, 15) is 4.79 Å². The molecule has 0 spiro atoms. The van der Waals surface area contributed by atoms with Crippen LogP contribution in [-0.2, 0) is 4.84 Å². The van der Waals surface area contributed by atoms with Crippen molar-refractivity contribution in [2.75, 3.05) is 12.4 Å². The van der Waals surface area contributed by atoms with Crippen molar-refractivity contribution < 1.29 is 9.63 Å². The highest BCUT2D eigenvalue weighted by Gasteiger charge is 2.10. The summed E-state index contributed by atoms with van der Waals surface area (Å²) in [5.74, 6) is -0.110. The molecule has 0 aliphatic rings. The largest absolute Gasteiger partial charge is 0.399 e. The van der Waals surface area contributed by atoms with E-state index in [4.69, 9.17) is 4.84 Å². The van der Waals surface area contributed by atoms with E-state index in [0.717, 1.165) is 22.4 Å². The zero-order chi connectivity index (χ0) is 16.8. The number of carbonyl (C=O) groups is 1. The SMILES string of the molecule is CO/N=C/c1cccc(-c2ccccc2NC(=O)c2ccsc2)c1. The minimum atomic E-state index is -0.110. The van der Waals surface area contributed by atoms with Crippen molar-refractivity contribution in [3.05, 3.63) is 76.5 Å². The lowest BCUT2D eigenvalue weighted by atomic mass is 10.0. The zero-order valence-electron chi connectivity index (χ0n) is 13.1. The molecule has 1 amide bonds. The van der Waals surface area contributed by atoms with Gasteiger partial charge < -0.3 is 10.2 Å². The molecule has 1 heterocycles. The molecule has 3 rings (SSSR count). The van der Waals surface area contributed by atoms with Gasteiger partial charge in [0.15, 0.2) is 0 Å². The Morgan fingerprint density at radius 1 is 1.17 bits per heavy atom. The number of benzene rings is 2. The topological polar surface area (TPSA) is 50.7 Å². The molecule has 0 atom stereocenters. The molecule has 0 fully saturated rings. The van der Waals surface area contributed by atoms with Crippen LogP contribution in [0.1, 0.15) is 15.9 Å². The number of nitrogens with zero attached hydrogens (tertiary/aromatic N) is 1. The quantitative estimate of drug-likeness (QED) is 0.545. The normalized spacial score (nSPS) is 10.7. The first kappa shape index (κ1) is 16.0. The van der Waals surface area contributed by atoms with Crippen molar-refractivity contribution in [2.24, 2.45) is 5.16 Å². The molecular weight excluding hydrogens is 320 g/mol. The second-order valence-corrected chi connectivity index (χ2v) is 5.83. The molecule has 0 saturated heterocycles. The highest BCUT2D eigenvalue weighted by molar-refractivity contribution is 7.08. The minimum absolute atomic E-state index is 0.110. The molecule has 5 heteroatoms. The van der Waals surface area contributed by atoms with E-state index in [2.05, 4.69) is 10.5 Å². The third-order valence-electron chi connectivity index (χ3n) is 3.46. The smallest absolute Gasteiger partial charge is 0.256 e. The number of thiophene rings is 1. The summed E-state index contributed by atoms with van der Waals surface area (Å²) in [7, 11) is 1.51. The van der Waals surface area contributed by atoms with Gasteiger partial charge in [0.1, 0.15) is 7.11 Å². The van der Waals surface area contributed by atoms with E-state index >= 15 is 0 Å². The van der Waals surface area contributed by atoms with Gasteiger partial charge in [-0.25, -0.2) is 0 Å². The van der Waals surface area contributed by atoms with Gasteiger partial charge in [0.05, 0.1) is 11.8 Å². The van der Waals surface area contributed by atoms with Crippen molar-refractivity contribution in [3.8, 4) is 11.1 Å². The number of anilines is 1. The summed E-state index contributed by atoms with van der Waals surface area (Å²) in [6.45, 7) is 0. The molecule has 3 aromatic rings. The maximum Gasteiger partial charge on any atom is 0.256 e. The number of nitrogens with one attached hydrogen (secondary N) is 1. The first-order valence-electron chi connectivity index (χ1n) is 7.37. The highest BCUT2D eigenvalue weighted by atomic mass is 32.1. The lowest BCUT2D eigenvalue weighted by Crippen LogP contribution is -2.11. The van der Waals surface area contributed by atoms with Crippen LogP contribution in [0.4, 0.5) is 5.69 Å². The molecule has 1 aromatic heterocycles. The van der Waals surface area contributed by atoms with E-state index < -0.39 is 0 Å². The Labute approximate surface area is 144 Å². The molecule has 0 aliphatic heterocycles. The molecule has 2 aromatic carbocycles. The average molecular weight is 336 g/mol. The second-order valence-electron chi connectivity index (χ2n) is 5.05. The van der Waals surface area contributed by atoms with E-state index in [1.165, 1.54) is 18.4 Å². The van der Waals surface area contributed by atoms with Crippen LogP contribution in [0.25, 0.3) is 11.1 Å². The van der Waals surface area contributed by atoms with Gasteiger partial charge in [-0.15, -0.1) is 0 Å². The fourth-order valence-electron chi connectivity index (χ4n) is 2.33. The average Bonchev–Trinajstić information content (AvgIpc) is 3.15. The fourth-order valence-corrected chi connectivity index (χ4v) is 2.97. The molecule has 0 unspecified atom stereocenters. The van der Waals surface area contributed by atoms with Crippen LogP contribution in [0.3, 0.4) is 0 Å². The Balaban J connectivity index is 1.92. The van der Waals surface area contributed by atoms with Crippen LogP contribution >= 0.6 is 11.3 Å². The Hall–Kier alpha value is -2.92. The first-order chi connectivity index (χ1) is 11.8. The molecule has 0 radical (unpaired) electrons. The summed E-state index contributed by atoms with van der Waals surface area (Å²) in [6.07, 6.45) is 1.65. The number of amides is 1. The lowest BCUT2D eigenvalue weighted by molar-refractivity contribution is 0.102. The third-order valence-corrected chi connectivity index (χ3v) is 4.15. The summed E-state index contributed by atoms with van der Waals surface area (Å²) in [4.78, 5) is 17.0. The highest BCUT2D eigenvalue weighted by Crippen LogP contribution is 2.28. The molecule has 120 valence electrons. The molecular formula is C19H16N2O2S. The number of rotatable bonds is 5. The van der Waals surface area contributed by atoms with Crippen LogP contribution in [0.15, 0.2) is 70.5 Å². The lowest BCUT2D eigenvalue weighted by Gasteiger charge is -2.11. The molecule has 0 bridgehead atoms. The second kappa shape index (κ2) is 7.57. The number of hydrogen-bond donors (Lipinski definition) is 1. The van der Waals surface area contributed by atoms with Crippen molar-refractivity contribution in [2.45, 2.75) is 0 Å². The molecule has 1 N–H and O–H groups in total. The number of carbonyl (C=O) groups excluding carboxylic acids is 1. The fraction of sp³-hybridized carbons (Fsp3) is 0.0526. The van der Waals surface area contributed by atoms with Crippen molar-refractivity contribution in [1.29, 1.82) is 0 Å². The molecule has 4 nitrogen and oxygen atoms in total. The Morgan fingerprint density at radius 3 is 2.83 bits per heavy atom. The maximum absolute atomic E-state index is 12.3. The van der Waals surface area contributed by atoms with Crippen LogP contribution < -0.4 is 5.32 Å². The van der Waals surface area contributed by atoms with Gasteiger partial charge in [0, 0.05) is 16.6 Å². The Bertz CT molecular complexity index is 857. The summed E-state index contributed by atoms with van der Waals surface area (Å²) >= 11 is 1.50. The van der Waals surface area contributed by atoms with Crippen LogP contribution in [0.5, 0.6) is 0 Å². The van der Waals surface area contributed by atoms with Crippen LogP contribution in [0.2, 0.25) is 0 Å². The predicted molar refractivity (Wildman–Crippen MR) is 98.8 cm³/mol. The van der Waals surface area contributed by atoms with E-state index in [1.807, 2.05) is 65.4 Å². The summed E-state index contributed by atoms with van der Waals surface area (Å²) in [5.41, 5.74) is 4.31. The van der Waals surface area contributed by atoms with Gasteiger partial charge in [-0.3, -0.25) is 4.79 Å². The van der Waals surface area contributed by atoms with Crippen LogP contribution in [0, 0.1) is 0 Å². The third kappa shape index (κ3) is 3.70. The van der Waals surface area contributed by atoms with E-state index in [1.54, 1.807) is 6.21 Å². The summed E-state index contributed by atoms with van der Waals surface area (Å²) in [6, 6.07) is 17.4. The summed E-state index contributed by atoms with van der Waals surface area (Å²) < 4.78 is 0. The van der Waals surface area contributed by atoms with Gasteiger partial charge >= 0.3 is 0 Å². The summed E-state index contributed by atoms with van der Waals surface area (Å²) in [5, 5.41) is 10.5. The number of para-hydroxylation sites is 1. The van der Waals surface area contributed by atoms with Gasteiger partial charge in [-0.2, -0.15) is 11.3 Å². The van der Waals surface area contributed by atoms with Crippen molar-refractivity contribution in [1.82, 2.24) is 0 Å². The van der Waals surface area contributed by atoms with Gasteiger partial charge in [-0.05, 0) is 34.7 Å². The first-order valence-corrected chi connectivity index (χ1v) is 8.32. The van der Waals surface area contributed by atoms with Gasteiger partial charge in [-0.1, -0.05) is 41.6 Å². The molecule has 0 aliphatic carbocycles. The van der Waals surface area contributed by atoms with Crippen molar-refractivity contribution in [3.63, 3.8) is 0 Å². The van der Waals surface area contributed by atoms with E-state index in [0.29, 0.717) is 5.56 Å². The Kier molecular flexibility index (Phi) is 5.03. The number of oxime groups is 1. The van der Waals surface area contributed by atoms with Crippen molar-refractivity contribution >= 4 is 29.1 Å². The Morgan fingerprint density at radius 2 is 2.04 bits per heavy atom. The van der Waals surface area contributed by atoms with Gasteiger partial charge in [0.25, 0.3) is 5.91 Å².